The van der Waals surface area contributed by atoms with Crippen LogP contribution in [0.25, 0.3) is 10.1 Å². The standard InChI is InChI=1S/C22H30N2O2S.ClH/c1-23(22(26)14-16-6-4-10-21-18(16)11-13-27-21)19-8-2-3-9-20(19)24-12-5-7-17(24)15-25;/h4,6,10-11,13,17,19-20,25H,2-3,5,7-9,12,14-15H2,1H3;1H/t17-,19-,20-;/m1./s1. The van der Waals surface area contributed by atoms with Crippen molar-refractivity contribution in [2.45, 2.75) is 63.1 Å². The average Bonchev–Trinajstić information content (AvgIpc) is 3.36. The van der Waals surface area contributed by atoms with Gasteiger partial charge in [-0.3, -0.25) is 9.69 Å². The zero-order valence-electron chi connectivity index (χ0n) is 16.5. The number of likely N-dealkylation sites (tertiary alicyclic amines) is 1. The highest BCUT2D eigenvalue weighted by Crippen LogP contribution is 2.32. The van der Waals surface area contributed by atoms with Gasteiger partial charge in [0.25, 0.3) is 0 Å². The molecule has 1 saturated carbocycles. The average molecular weight is 423 g/mol. The van der Waals surface area contributed by atoms with E-state index < -0.39 is 0 Å². The van der Waals surface area contributed by atoms with Crippen LogP contribution in [0.5, 0.6) is 0 Å². The van der Waals surface area contributed by atoms with Gasteiger partial charge >= 0.3 is 0 Å². The monoisotopic (exact) mass is 422 g/mol. The van der Waals surface area contributed by atoms with Crippen molar-refractivity contribution in [2.75, 3.05) is 20.2 Å². The lowest BCUT2D eigenvalue weighted by Gasteiger charge is -2.44. The maximum absolute atomic E-state index is 13.2. The van der Waals surface area contributed by atoms with Gasteiger partial charge in [-0.15, -0.1) is 23.7 Å². The van der Waals surface area contributed by atoms with Crippen molar-refractivity contribution in [3.8, 4) is 0 Å². The molecule has 3 atom stereocenters. The normalized spacial score (nSPS) is 25.6. The first-order valence-corrected chi connectivity index (χ1v) is 11.1. The molecule has 6 heteroatoms. The van der Waals surface area contributed by atoms with Gasteiger partial charge < -0.3 is 10.0 Å². The van der Waals surface area contributed by atoms with Crippen molar-refractivity contribution in [1.82, 2.24) is 9.80 Å². The van der Waals surface area contributed by atoms with E-state index in [2.05, 4.69) is 34.5 Å². The highest BCUT2D eigenvalue weighted by Gasteiger charge is 2.39. The minimum Gasteiger partial charge on any atom is -0.395 e. The summed E-state index contributed by atoms with van der Waals surface area (Å²) in [7, 11) is 1.99. The van der Waals surface area contributed by atoms with Gasteiger partial charge in [0.05, 0.1) is 13.0 Å². The summed E-state index contributed by atoms with van der Waals surface area (Å²) in [6.07, 6.45) is 7.34. The van der Waals surface area contributed by atoms with Crippen LogP contribution in [-0.4, -0.2) is 59.1 Å². The van der Waals surface area contributed by atoms with Crippen molar-refractivity contribution in [1.29, 1.82) is 0 Å². The number of aliphatic hydroxyl groups excluding tert-OH is 1. The molecule has 1 N–H and O–H groups in total. The Labute approximate surface area is 177 Å². The van der Waals surface area contributed by atoms with E-state index in [0.717, 1.165) is 37.8 Å². The molecule has 0 spiro atoms. The van der Waals surface area contributed by atoms with E-state index in [9.17, 15) is 9.90 Å². The number of amides is 1. The lowest BCUT2D eigenvalue weighted by atomic mass is 9.87. The van der Waals surface area contributed by atoms with Crippen molar-refractivity contribution in [3.05, 3.63) is 35.2 Å². The number of benzene rings is 1. The van der Waals surface area contributed by atoms with E-state index in [1.807, 2.05) is 11.9 Å². The lowest BCUT2D eigenvalue weighted by molar-refractivity contribution is -0.133. The number of aliphatic hydroxyl groups is 1. The molecule has 154 valence electrons. The van der Waals surface area contributed by atoms with E-state index in [1.54, 1.807) is 11.3 Å². The number of hydrogen-bond acceptors (Lipinski definition) is 4. The Morgan fingerprint density at radius 3 is 2.86 bits per heavy atom. The predicted molar refractivity (Wildman–Crippen MR) is 118 cm³/mol. The Kier molecular flexibility index (Phi) is 7.37. The molecule has 4 rings (SSSR count). The molecular formula is C22H31ClN2O2S. The molecule has 1 saturated heterocycles. The van der Waals surface area contributed by atoms with Gasteiger partial charge in [-0.2, -0.15) is 0 Å². The summed E-state index contributed by atoms with van der Waals surface area (Å²) in [5.74, 6) is 0.213. The Balaban J connectivity index is 0.00000225. The van der Waals surface area contributed by atoms with Crippen LogP contribution in [-0.2, 0) is 11.2 Å². The van der Waals surface area contributed by atoms with Gasteiger partial charge in [0, 0.05) is 29.9 Å². The molecule has 4 nitrogen and oxygen atoms in total. The lowest BCUT2D eigenvalue weighted by Crippen LogP contribution is -2.55. The van der Waals surface area contributed by atoms with Gasteiger partial charge in [0.1, 0.15) is 0 Å². The second-order valence-corrected chi connectivity index (χ2v) is 9.01. The number of fused-ring (bicyclic) bond motifs is 1. The number of carbonyl (C=O) groups excluding carboxylic acids is 1. The van der Waals surface area contributed by atoms with Crippen molar-refractivity contribution in [3.63, 3.8) is 0 Å². The van der Waals surface area contributed by atoms with Crippen LogP contribution in [0.4, 0.5) is 0 Å². The van der Waals surface area contributed by atoms with Crippen molar-refractivity contribution in [2.24, 2.45) is 0 Å². The molecule has 2 heterocycles. The van der Waals surface area contributed by atoms with Crippen LogP contribution in [0.1, 0.15) is 44.1 Å². The van der Waals surface area contributed by atoms with E-state index in [0.29, 0.717) is 12.5 Å². The fraction of sp³-hybridized carbons (Fsp3) is 0.591. The minimum absolute atomic E-state index is 0. The summed E-state index contributed by atoms with van der Waals surface area (Å²) in [5.41, 5.74) is 1.13. The molecule has 1 aromatic heterocycles. The van der Waals surface area contributed by atoms with Gasteiger partial charge in [-0.1, -0.05) is 25.0 Å². The van der Waals surface area contributed by atoms with Crippen LogP contribution in [0.2, 0.25) is 0 Å². The number of likely N-dealkylation sites (N-methyl/N-ethyl adjacent to an activating group) is 1. The second-order valence-electron chi connectivity index (χ2n) is 8.07. The summed E-state index contributed by atoms with van der Waals surface area (Å²) in [4.78, 5) is 17.7. The van der Waals surface area contributed by atoms with Gasteiger partial charge in [0.15, 0.2) is 0 Å². The molecule has 0 bridgehead atoms. The van der Waals surface area contributed by atoms with Gasteiger partial charge in [-0.25, -0.2) is 0 Å². The zero-order chi connectivity index (χ0) is 18.8. The first kappa shape index (κ1) is 21.6. The van der Waals surface area contributed by atoms with Crippen LogP contribution in [0.3, 0.4) is 0 Å². The molecule has 0 radical (unpaired) electrons. The van der Waals surface area contributed by atoms with E-state index in [1.165, 1.54) is 22.9 Å². The summed E-state index contributed by atoms with van der Waals surface area (Å²) in [6, 6.07) is 9.32. The van der Waals surface area contributed by atoms with E-state index in [-0.39, 0.29) is 37.0 Å². The third kappa shape index (κ3) is 4.23. The molecule has 2 fully saturated rings. The summed E-state index contributed by atoms with van der Waals surface area (Å²) in [5, 5.41) is 13.1. The molecule has 0 unspecified atom stereocenters. The fourth-order valence-electron chi connectivity index (χ4n) is 5.10. The van der Waals surface area contributed by atoms with Gasteiger partial charge in [-0.05, 0) is 60.7 Å². The highest BCUT2D eigenvalue weighted by atomic mass is 35.5. The predicted octanol–water partition coefficient (Wildman–Crippen LogP) is 4.09. The first-order chi connectivity index (χ1) is 13.2. The third-order valence-electron chi connectivity index (χ3n) is 6.57. The maximum Gasteiger partial charge on any atom is 0.227 e. The van der Waals surface area contributed by atoms with Gasteiger partial charge in [0.2, 0.25) is 5.91 Å². The SMILES string of the molecule is CN(C(=O)Cc1cccc2sccc12)[C@@H]1CCCC[C@H]1N1CCC[C@@H]1CO.Cl. The van der Waals surface area contributed by atoms with Crippen molar-refractivity contribution >= 4 is 39.7 Å². The summed E-state index contributed by atoms with van der Waals surface area (Å²) in [6.45, 7) is 1.30. The largest absolute Gasteiger partial charge is 0.395 e. The number of carbonyl (C=O) groups is 1. The molecule has 2 aliphatic rings. The molecular weight excluding hydrogens is 392 g/mol. The van der Waals surface area contributed by atoms with E-state index >= 15 is 0 Å². The van der Waals surface area contributed by atoms with Crippen LogP contribution >= 0.6 is 23.7 Å². The zero-order valence-corrected chi connectivity index (χ0v) is 18.2. The van der Waals surface area contributed by atoms with E-state index in [4.69, 9.17) is 0 Å². The number of nitrogens with zero attached hydrogens (tertiary/aromatic N) is 2. The first-order valence-electron chi connectivity index (χ1n) is 10.3. The van der Waals surface area contributed by atoms with Crippen LogP contribution < -0.4 is 0 Å². The Morgan fingerprint density at radius 1 is 1.21 bits per heavy atom. The highest BCUT2D eigenvalue weighted by molar-refractivity contribution is 7.17. The molecule has 1 aromatic carbocycles. The molecule has 2 aromatic rings. The number of hydrogen-bond donors (Lipinski definition) is 1. The van der Waals surface area contributed by atoms with Crippen LogP contribution in [0.15, 0.2) is 29.6 Å². The number of halogens is 1. The Morgan fingerprint density at radius 2 is 2.04 bits per heavy atom. The Bertz CT molecular complexity index is 796. The summed E-state index contributed by atoms with van der Waals surface area (Å²) >= 11 is 1.73. The fourth-order valence-corrected chi connectivity index (χ4v) is 5.94. The minimum atomic E-state index is 0. The number of rotatable bonds is 5. The number of thiophene rings is 1. The quantitative estimate of drug-likeness (QED) is 0.789. The smallest absolute Gasteiger partial charge is 0.227 e. The maximum atomic E-state index is 13.2. The molecule has 1 aliphatic heterocycles. The topological polar surface area (TPSA) is 43.8 Å². The van der Waals surface area contributed by atoms with Crippen molar-refractivity contribution < 1.29 is 9.90 Å². The molecule has 28 heavy (non-hydrogen) atoms. The second kappa shape index (κ2) is 9.57. The summed E-state index contributed by atoms with van der Waals surface area (Å²) < 4.78 is 1.25. The Hall–Kier alpha value is -1.14. The van der Waals surface area contributed by atoms with Crippen LogP contribution in [0, 0.1) is 0 Å². The molecule has 1 amide bonds. The third-order valence-corrected chi connectivity index (χ3v) is 7.45. The molecule has 1 aliphatic carbocycles.